The lowest BCUT2D eigenvalue weighted by Crippen LogP contribution is -2.27. The molecule has 50 valence electrons. The molecule has 0 spiro atoms. The van der Waals surface area contributed by atoms with Gasteiger partial charge in [-0.3, -0.25) is 0 Å². The average Bonchev–Trinajstić information content (AvgIpc) is 1.69. The smallest absolute Gasteiger partial charge is 0.00231 e. The highest BCUT2D eigenvalue weighted by Gasteiger charge is 2.04. The first-order valence-corrected chi connectivity index (χ1v) is 3.10. The fourth-order valence-corrected chi connectivity index (χ4v) is 1.03. The normalized spacial score (nSPS) is 28.9. The van der Waals surface area contributed by atoms with Crippen LogP contribution in [0.3, 0.4) is 0 Å². The molecule has 1 fully saturated rings. The van der Waals surface area contributed by atoms with E-state index in [1.54, 1.807) is 0 Å². The Morgan fingerprint density at radius 2 is 2.25 bits per heavy atom. The van der Waals surface area contributed by atoms with E-state index in [4.69, 9.17) is 0 Å². The zero-order valence-electron chi connectivity index (χ0n) is 5.31. The van der Waals surface area contributed by atoms with Crippen molar-refractivity contribution in [1.29, 1.82) is 0 Å². The molecule has 1 nitrogen and oxygen atoms in total. The molecule has 1 aliphatic rings. The van der Waals surface area contributed by atoms with Gasteiger partial charge in [-0.05, 0) is 31.8 Å². The van der Waals surface area contributed by atoms with Crippen molar-refractivity contribution in [3.8, 4) is 0 Å². The van der Waals surface area contributed by atoms with E-state index in [0.717, 1.165) is 5.92 Å². The van der Waals surface area contributed by atoms with Gasteiger partial charge in [0, 0.05) is 0 Å². The summed E-state index contributed by atoms with van der Waals surface area (Å²) in [6.07, 6.45) is 2.80. The standard InChI is InChI=1S/C6H13N.BrH/c1-6-3-2-4-7-5-6;/h6-7H,2-5H2,1H3;1H/t6-;/m0./s1. The van der Waals surface area contributed by atoms with Crippen LogP contribution in [0, 0.1) is 5.92 Å². The summed E-state index contributed by atoms with van der Waals surface area (Å²) in [6, 6.07) is 0. The third-order valence-corrected chi connectivity index (χ3v) is 1.54. The third-order valence-electron chi connectivity index (χ3n) is 1.54. The van der Waals surface area contributed by atoms with E-state index in [2.05, 4.69) is 12.2 Å². The van der Waals surface area contributed by atoms with Gasteiger partial charge in [0.25, 0.3) is 0 Å². The molecule has 8 heavy (non-hydrogen) atoms. The van der Waals surface area contributed by atoms with Gasteiger partial charge in [0.1, 0.15) is 0 Å². The first-order chi connectivity index (χ1) is 3.39. The highest BCUT2D eigenvalue weighted by Crippen LogP contribution is 2.06. The van der Waals surface area contributed by atoms with E-state index in [1.807, 2.05) is 0 Å². The molecule has 1 N–H and O–H groups in total. The van der Waals surface area contributed by atoms with E-state index in [-0.39, 0.29) is 17.0 Å². The third kappa shape index (κ3) is 2.68. The molecule has 2 heteroatoms. The molecule has 0 bridgehead atoms. The van der Waals surface area contributed by atoms with Gasteiger partial charge in [0.2, 0.25) is 0 Å². The minimum Gasteiger partial charge on any atom is -0.316 e. The van der Waals surface area contributed by atoms with Crippen LogP contribution in [0.2, 0.25) is 0 Å². The molecule has 0 aromatic rings. The van der Waals surface area contributed by atoms with Crippen LogP contribution in [0.15, 0.2) is 0 Å². The van der Waals surface area contributed by atoms with Crippen LogP contribution in [0.25, 0.3) is 0 Å². The Kier molecular flexibility index (Phi) is 4.57. The second-order valence-corrected chi connectivity index (χ2v) is 2.45. The highest BCUT2D eigenvalue weighted by molar-refractivity contribution is 8.93. The summed E-state index contributed by atoms with van der Waals surface area (Å²) in [5.41, 5.74) is 0. The van der Waals surface area contributed by atoms with Crippen molar-refractivity contribution >= 4 is 17.0 Å². The maximum absolute atomic E-state index is 3.33. The highest BCUT2D eigenvalue weighted by atomic mass is 79.9. The predicted octanol–water partition coefficient (Wildman–Crippen LogP) is 1.58. The molecular weight excluding hydrogens is 166 g/mol. The van der Waals surface area contributed by atoms with Crippen molar-refractivity contribution in [2.24, 2.45) is 5.92 Å². The van der Waals surface area contributed by atoms with Crippen LogP contribution in [-0.4, -0.2) is 13.1 Å². The summed E-state index contributed by atoms with van der Waals surface area (Å²) in [5.74, 6) is 0.925. The molecule has 1 atom stereocenters. The molecule has 1 heterocycles. The lowest BCUT2D eigenvalue weighted by molar-refractivity contribution is 0.405. The van der Waals surface area contributed by atoms with Gasteiger partial charge in [0.15, 0.2) is 0 Å². The quantitative estimate of drug-likeness (QED) is 0.596. The van der Waals surface area contributed by atoms with E-state index >= 15 is 0 Å². The Morgan fingerprint density at radius 1 is 1.50 bits per heavy atom. The van der Waals surface area contributed by atoms with Crippen LogP contribution in [0.4, 0.5) is 0 Å². The van der Waals surface area contributed by atoms with E-state index in [9.17, 15) is 0 Å². The van der Waals surface area contributed by atoms with E-state index in [1.165, 1.54) is 25.9 Å². The number of rotatable bonds is 0. The second-order valence-electron chi connectivity index (χ2n) is 2.45. The van der Waals surface area contributed by atoms with Gasteiger partial charge in [-0.2, -0.15) is 0 Å². The van der Waals surface area contributed by atoms with Gasteiger partial charge in [-0.25, -0.2) is 0 Å². The van der Waals surface area contributed by atoms with Crippen LogP contribution in [-0.2, 0) is 0 Å². The zero-order valence-corrected chi connectivity index (χ0v) is 7.03. The summed E-state index contributed by atoms with van der Waals surface area (Å²) in [7, 11) is 0. The van der Waals surface area contributed by atoms with Crippen molar-refractivity contribution in [1.82, 2.24) is 5.32 Å². The summed E-state index contributed by atoms with van der Waals surface area (Å²) < 4.78 is 0. The molecule has 1 rings (SSSR count). The number of halogens is 1. The van der Waals surface area contributed by atoms with Gasteiger partial charge in [0.05, 0.1) is 0 Å². The lowest BCUT2D eigenvalue weighted by Gasteiger charge is -2.17. The van der Waals surface area contributed by atoms with Crippen molar-refractivity contribution in [2.75, 3.05) is 13.1 Å². The summed E-state index contributed by atoms with van der Waals surface area (Å²) in [6.45, 7) is 4.77. The van der Waals surface area contributed by atoms with Gasteiger partial charge in [-0.15, -0.1) is 17.0 Å². The van der Waals surface area contributed by atoms with Gasteiger partial charge >= 0.3 is 0 Å². The molecule has 0 aliphatic carbocycles. The number of piperidine rings is 1. The maximum Gasteiger partial charge on any atom is -0.00231 e. The van der Waals surface area contributed by atoms with Crippen molar-refractivity contribution < 1.29 is 0 Å². The minimum atomic E-state index is 0. The maximum atomic E-state index is 3.33. The molecule has 0 amide bonds. The molecule has 0 aromatic heterocycles. The van der Waals surface area contributed by atoms with Crippen molar-refractivity contribution in [3.05, 3.63) is 0 Å². The Balaban J connectivity index is 0.000000490. The Morgan fingerprint density at radius 3 is 2.50 bits per heavy atom. The largest absolute Gasteiger partial charge is 0.316 e. The molecule has 0 saturated carbocycles. The fourth-order valence-electron chi connectivity index (χ4n) is 1.03. The van der Waals surface area contributed by atoms with E-state index < -0.39 is 0 Å². The lowest BCUT2D eigenvalue weighted by atomic mass is 10.0. The minimum absolute atomic E-state index is 0. The molecule has 0 unspecified atom stereocenters. The average molecular weight is 180 g/mol. The Hall–Kier alpha value is 0.440. The molecule has 1 aliphatic heterocycles. The molecular formula is C6H14BrN. The Labute approximate surface area is 61.6 Å². The van der Waals surface area contributed by atoms with Crippen molar-refractivity contribution in [3.63, 3.8) is 0 Å². The molecule has 1 saturated heterocycles. The summed E-state index contributed by atoms with van der Waals surface area (Å²) in [4.78, 5) is 0. The van der Waals surface area contributed by atoms with Gasteiger partial charge in [-0.1, -0.05) is 6.92 Å². The van der Waals surface area contributed by atoms with E-state index in [0.29, 0.717) is 0 Å². The molecule has 0 radical (unpaired) electrons. The fraction of sp³-hybridized carbons (Fsp3) is 1.00. The van der Waals surface area contributed by atoms with Crippen LogP contribution in [0.5, 0.6) is 0 Å². The first kappa shape index (κ1) is 8.44. The SMILES string of the molecule is Br.C[C@H]1CCCNC1. The summed E-state index contributed by atoms with van der Waals surface area (Å²) in [5, 5.41) is 3.33. The van der Waals surface area contributed by atoms with Crippen molar-refractivity contribution in [2.45, 2.75) is 19.8 Å². The first-order valence-electron chi connectivity index (χ1n) is 3.10. The number of hydrogen-bond donors (Lipinski definition) is 1. The topological polar surface area (TPSA) is 12.0 Å². The Bertz CT molecular complexity index is 50.5. The predicted molar refractivity (Wildman–Crippen MR) is 41.6 cm³/mol. The van der Waals surface area contributed by atoms with Crippen LogP contribution in [0.1, 0.15) is 19.8 Å². The molecule has 0 aromatic carbocycles. The summed E-state index contributed by atoms with van der Waals surface area (Å²) >= 11 is 0. The number of nitrogens with one attached hydrogen (secondary N) is 1. The van der Waals surface area contributed by atoms with Gasteiger partial charge < -0.3 is 5.32 Å². The number of hydrogen-bond acceptors (Lipinski definition) is 1. The second kappa shape index (κ2) is 4.33. The zero-order chi connectivity index (χ0) is 5.11. The monoisotopic (exact) mass is 179 g/mol. The van der Waals surface area contributed by atoms with Crippen LogP contribution >= 0.6 is 17.0 Å². The van der Waals surface area contributed by atoms with Crippen LogP contribution < -0.4 is 5.32 Å².